The fourth-order valence-electron chi connectivity index (χ4n) is 3.30. The van der Waals surface area contributed by atoms with Crippen molar-refractivity contribution in [2.24, 2.45) is 10.9 Å². The van der Waals surface area contributed by atoms with Crippen molar-refractivity contribution in [1.29, 1.82) is 0 Å². The molecule has 0 aromatic carbocycles. The quantitative estimate of drug-likeness (QED) is 0.510. The van der Waals surface area contributed by atoms with Gasteiger partial charge < -0.3 is 19.9 Å². The molecule has 1 aliphatic heterocycles. The van der Waals surface area contributed by atoms with Gasteiger partial charge in [-0.2, -0.15) is 4.37 Å². The number of nitrogens with one attached hydrogen (secondary N) is 1. The van der Waals surface area contributed by atoms with E-state index in [2.05, 4.69) is 49.4 Å². The number of aromatic nitrogens is 3. The highest BCUT2D eigenvalue weighted by molar-refractivity contribution is 7.09. The van der Waals surface area contributed by atoms with Crippen molar-refractivity contribution in [2.75, 3.05) is 44.2 Å². The second kappa shape index (κ2) is 10.1. The molecule has 0 bridgehead atoms. The molecule has 2 fully saturated rings. The minimum absolute atomic E-state index is 0.606. The Labute approximate surface area is 182 Å². The molecule has 162 valence electrons. The first-order chi connectivity index (χ1) is 14.7. The van der Waals surface area contributed by atoms with Crippen LogP contribution in [0.25, 0.3) is 0 Å². The molecule has 0 amide bonds. The monoisotopic (exact) mass is 429 g/mol. The molecule has 4 rings (SSSR count). The number of hydrogen-bond donors (Lipinski definition) is 1. The van der Waals surface area contributed by atoms with Crippen LogP contribution in [0.1, 0.15) is 38.1 Å². The molecule has 0 atom stereocenters. The van der Waals surface area contributed by atoms with E-state index in [1.807, 2.05) is 12.3 Å². The van der Waals surface area contributed by atoms with Crippen LogP contribution in [0.3, 0.4) is 0 Å². The van der Waals surface area contributed by atoms with Crippen LogP contribution in [0.4, 0.5) is 5.13 Å². The third kappa shape index (κ3) is 5.59. The number of pyridine rings is 1. The van der Waals surface area contributed by atoms with Crippen LogP contribution in [-0.4, -0.2) is 64.5 Å². The van der Waals surface area contributed by atoms with Crippen LogP contribution in [0.15, 0.2) is 23.3 Å². The highest BCUT2D eigenvalue weighted by Gasteiger charge is 2.23. The van der Waals surface area contributed by atoms with Crippen molar-refractivity contribution in [3.63, 3.8) is 0 Å². The lowest BCUT2D eigenvalue weighted by atomic mass is 10.3. The Morgan fingerprint density at radius 2 is 2.07 bits per heavy atom. The molecule has 0 unspecified atom stereocenters. The van der Waals surface area contributed by atoms with Gasteiger partial charge in [0.2, 0.25) is 11.0 Å². The van der Waals surface area contributed by atoms with Crippen molar-refractivity contribution in [3.8, 4) is 5.88 Å². The van der Waals surface area contributed by atoms with Crippen molar-refractivity contribution in [2.45, 2.75) is 39.7 Å². The Morgan fingerprint density at radius 1 is 1.23 bits per heavy atom. The van der Waals surface area contributed by atoms with Crippen LogP contribution in [0.5, 0.6) is 5.88 Å². The zero-order valence-electron chi connectivity index (χ0n) is 17.9. The van der Waals surface area contributed by atoms with E-state index >= 15 is 0 Å². The van der Waals surface area contributed by atoms with E-state index in [0.29, 0.717) is 12.4 Å². The third-order valence-corrected chi connectivity index (χ3v) is 6.15. The summed E-state index contributed by atoms with van der Waals surface area (Å²) in [6.45, 7) is 10.1. The van der Waals surface area contributed by atoms with Crippen molar-refractivity contribution >= 4 is 22.6 Å². The van der Waals surface area contributed by atoms with Gasteiger partial charge in [0.05, 0.1) is 13.2 Å². The van der Waals surface area contributed by atoms with E-state index < -0.39 is 0 Å². The summed E-state index contributed by atoms with van der Waals surface area (Å²) in [6.07, 6.45) is 5.33. The van der Waals surface area contributed by atoms with E-state index in [4.69, 9.17) is 9.73 Å². The molecule has 1 saturated carbocycles. The topological polar surface area (TPSA) is 78.8 Å². The van der Waals surface area contributed by atoms with Crippen molar-refractivity contribution in [1.82, 2.24) is 24.6 Å². The molecule has 1 N–H and O–H groups in total. The second-order valence-corrected chi connectivity index (χ2v) is 8.48. The number of aliphatic imine (C=N–C) groups is 1. The van der Waals surface area contributed by atoms with Gasteiger partial charge in [-0.1, -0.05) is 13.0 Å². The number of aryl methyl sites for hydroxylation is 1. The smallest absolute Gasteiger partial charge is 0.213 e. The molecule has 30 heavy (non-hydrogen) atoms. The van der Waals surface area contributed by atoms with Crippen LogP contribution in [0, 0.1) is 5.92 Å². The minimum Gasteiger partial charge on any atom is -0.477 e. The molecule has 0 radical (unpaired) electrons. The maximum absolute atomic E-state index is 5.72. The van der Waals surface area contributed by atoms with E-state index in [9.17, 15) is 0 Å². The number of guanidine groups is 1. The molecular formula is C21H31N7OS. The first kappa shape index (κ1) is 20.8. The Bertz CT molecular complexity index is 826. The Balaban J connectivity index is 1.31. The average molecular weight is 430 g/mol. The minimum atomic E-state index is 0.606. The summed E-state index contributed by atoms with van der Waals surface area (Å²) in [6, 6.07) is 4.01. The molecule has 8 nitrogen and oxygen atoms in total. The summed E-state index contributed by atoms with van der Waals surface area (Å²) in [5.41, 5.74) is 1.09. The van der Waals surface area contributed by atoms with Crippen LogP contribution < -0.4 is 15.0 Å². The lowest BCUT2D eigenvalue weighted by Crippen LogP contribution is -2.52. The maximum Gasteiger partial charge on any atom is 0.213 e. The normalized spacial score (nSPS) is 17.3. The van der Waals surface area contributed by atoms with E-state index in [1.54, 1.807) is 0 Å². The number of nitrogens with zero attached hydrogens (tertiary/aromatic N) is 6. The maximum atomic E-state index is 5.72. The second-order valence-electron chi connectivity index (χ2n) is 7.75. The first-order valence-corrected chi connectivity index (χ1v) is 11.7. The van der Waals surface area contributed by atoms with Gasteiger partial charge >= 0.3 is 0 Å². The van der Waals surface area contributed by atoms with Gasteiger partial charge in [0, 0.05) is 62.9 Å². The fourth-order valence-corrected chi connectivity index (χ4v) is 4.10. The number of anilines is 1. The van der Waals surface area contributed by atoms with Crippen LogP contribution >= 0.6 is 11.5 Å². The summed E-state index contributed by atoms with van der Waals surface area (Å²) in [7, 11) is 0. The molecule has 9 heteroatoms. The highest BCUT2D eigenvalue weighted by Crippen LogP contribution is 2.29. The molecule has 3 heterocycles. The lowest BCUT2D eigenvalue weighted by molar-refractivity contribution is 0.288. The molecule has 2 aromatic heterocycles. The largest absolute Gasteiger partial charge is 0.477 e. The van der Waals surface area contributed by atoms with Gasteiger partial charge in [-0.25, -0.2) is 15.0 Å². The molecular weight excluding hydrogens is 398 g/mol. The Morgan fingerprint density at radius 3 is 2.70 bits per heavy atom. The van der Waals surface area contributed by atoms with Gasteiger partial charge in [0.25, 0.3) is 0 Å². The van der Waals surface area contributed by atoms with E-state index in [0.717, 1.165) is 74.1 Å². The van der Waals surface area contributed by atoms with Gasteiger partial charge in [0.15, 0.2) is 5.96 Å². The first-order valence-electron chi connectivity index (χ1n) is 10.9. The predicted molar refractivity (Wildman–Crippen MR) is 120 cm³/mol. The summed E-state index contributed by atoms with van der Waals surface area (Å²) in [4.78, 5) is 18.5. The van der Waals surface area contributed by atoms with E-state index in [1.165, 1.54) is 24.4 Å². The predicted octanol–water partition coefficient (Wildman–Crippen LogP) is 2.57. The Kier molecular flexibility index (Phi) is 6.99. The lowest BCUT2D eigenvalue weighted by Gasteiger charge is -2.36. The molecule has 2 aliphatic rings. The number of piperazine rings is 1. The van der Waals surface area contributed by atoms with Gasteiger partial charge in [-0.05, 0) is 31.2 Å². The summed E-state index contributed by atoms with van der Waals surface area (Å²) in [5.74, 6) is 3.34. The summed E-state index contributed by atoms with van der Waals surface area (Å²) >= 11 is 1.50. The zero-order chi connectivity index (χ0) is 20.8. The highest BCUT2D eigenvalue weighted by atomic mass is 32.1. The SMILES string of the molecule is CCNC(=NCc1ccc(OCC2CC2)nc1)N1CCN(c2nc(CC)ns2)CC1. The number of hydrogen-bond acceptors (Lipinski definition) is 7. The van der Waals surface area contributed by atoms with Crippen LogP contribution in [-0.2, 0) is 13.0 Å². The standard InChI is InChI=1S/C21H31N7OS/c1-3-18-25-21(30-26-18)28-11-9-27(10-12-28)20(22-4-2)24-14-17-7-8-19(23-13-17)29-15-16-5-6-16/h7-8,13,16H,3-6,9-12,14-15H2,1-2H3,(H,22,24). The summed E-state index contributed by atoms with van der Waals surface area (Å²) in [5, 5.41) is 4.46. The average Bonchev–Trinajstić information content (AvgIpc) is 3.50. The molecule has 2 aromatic rings. The van der Waals surface area contributed by atoms with Crippen LogP contribution in [0.2, 0.25) is 0 Å². The molecule has 1 saturated heterocycles. The Hall–Kier alpha value is -2.42. The number of ether oxygens (including phenoxy) is 1. The molecule has 1 aliphatic carbocycles. The molecule has 0 spiro atoms. The van der Waals surface area contributed by atoms with Gasteiger partial charge in [-0.3, -0.25) is 0 Å². The van der Waals surface area contributed by atoms with Gasteiger partial charge in [0.1, 0.15) is 5.82 Å². The third-order valence-electron chi connectivity index (χ3n) is 5.33. The number of rotatable bonds is 8. The zero-order valence-corrected chi connectivity index (χ0v) is 18.7. The van der Waals surface area contributed by atoms with Gasteiger partial charge in [-0.15, -0.1) is 0 Å². The fraction of sp³-hybridized carbons (Fsp3) is 0.619. The van der Waals surface area contributed by atoms with E-state index in [-0.39, 0.29) is 0 Å². The van der Waals surface area contributed by atoms with Crippen molar-refractivity contribution < 1.29 is 4.74 Å². The van der Waals surface area contributed by atoms with Crippen molar-refractivity contribution in [3.05, 3.63) is 29.7 Å². The summed E-state index contributed by atoms with van der Waals surface area (Å²) < 4.78 is 10.1.